The van der Waals surface area contributed by atoms with Crippen LogP contribution in [-0.4, -0.2) is 42.8 Å². The van der Waals surface area contributed by atoms with Gasteiger partial charge in [0.2, 0.25) is 0 Å². The van der Waals surface area contributed by atoms with Gasteiger partial charge in [-0.1, -0.05) is 0 Å². The molecule has 0 unspecified atom stereocenters. The summed E-state index contributed by atoms with van der Waals surface area (Å²) in [6.45, 7) is 11.1. The lowest BCUT2D eigenvalue weighted by Crippen LogP contribution is -2.50. The number of thiol groups is 1. The van der Waals surface area contributed by atoms with Crippen molar-refractivity contribution in [2.45, 2.75) is 44.7 Å². The normalized spacial score (nSPS) is 15.7. The minimum atomic E-state index is -0.456. The molecule has 1 aromatic carbocycles. The molecule has 2 rings (SSSR count). The molecule has 1 aliphatic rings. The second kappa shape index (κ2) is 7.01. The molecule has 0 spiro atoms. The fraction of sp³-hybridized carbons (Fsp3) is 0.588. The summed E-state index contributed by atoms with van der Waals surface area (Å²) in [7, 11) is 0. The predicted octanol–water partition coefficient (Wildman–Crippen LogP) is 2.80. The first kappa shape index (κ1) is 17.9. The average Bonchev–Trinajstić information content (AvgIpc) is 2.48. The number of benzene rings is 1. The van der Waals surface area contributed by atoms with E-state index in [2.05, 4.69) is 29.7 Å². The summed E-state index contributed by atoms with van der Waals surface area (Å²) in [4.78, 5) is 17.1. The average molecular weight is 337 g/mol. The molecule has 128 valence electrons. The van der Waals surface area contributed by atoms with Gasteiger partial charge in [0.15, 0.2) is 0 Å². The minimum absolute atomic E-state index is 0.237. The van der Waals surface area contributed by atoms with Gasteiger partial charge in [-0.15, -0.1) is 12.6 Å². The molecule has 23 heavy (non-hydrogen) atoms. The maximum absolute atomic E-state index is 12.1. The van der Waals surface area contributed by atoms with Crippen LogP contribution in [0.2, 0.25) is 0 Å². The third kappa shape index (κ3) is 4.54. The molecule has 1 amide bonds. The lowest BCUT2D eigenvalue weighted by atomic mass is 10.1. The number of amides is 1. The lowest BCUT2D eigenvalue weighted by molar-refractivity contribution is 0.0240. The summed E-state index contributed by atoms with van der Waals surface area (Å²) in [6.07, 6.45) is -0.237. The highest BCUT2D eigenvalue weighted by molar-refractivity contribution is 7.80. The van der Waals surface area contributed by atoms with Crippen molar-refractivity contribution in [2.24, 2.45) is 5.73 Å². The lowest BCUT2D eigenvalue weighted by Gasteiger charge is -2.37. The molecule has 1 heterocycles. The number of hydrogen-bond acceptors (Lipinski definition) is 5. The van der Waals surface area contributed by atoms with E-state index in [0.29, 0.717) is 19.6 Å². The quantitative estimate of drug-likeness (QED) is 0.815. The van der Waals surface area contributed by atoms with Crippen LogP contribution in [0.4, 0.5) is 10.5 Å². The van der Waals surface area contributed by atoms with Crippen molar-refractivity contribution in [1.82, 2.24) is 4.90 Å². The second-order valence-electron chi connectivity index (χ2n) is 6.91. The van der Waals surface area contributed by atoms with E-state index in [1.54, 1.807) is 4.90 Å². The molecule has 1 aliphatic heterocycles. The Morgan fingerprint density at radius 2 is 1.87 bits per heavy atom. The zero-order valence-corrected chi connectivity index (χ0v) is 15.3. The highest BCUT2D eigenvalue weighted by Crippen LogP contribution is 2.26. The predicted molar refractivity (Wildman–Crippen MR) is 96.3 cm³/mol. The first-order chi connectivity index (χ1) is 10.7. The van der Waals surface area contributed by atoms with E-state index in [9.17, 15) is 4.79 Å². The fourth-order valence-electron chi connectivity index (χ4n) is 2.61. The van der Waals surface area contributed by atoms with Crippen molar-refractivity contribution in [1.29, 1.82) is 0 Å². The van der Waals surface area contributed by atoms with Gasteiger partial charge >= 0.3 is 6.09 Å². The number of nitrogens with zero attached hydrogens (tertiary/aromatic N) is 2. The Morgan fingerprint density at radius 1 is 1.26 bits per heavy atom. The monoisotopic (exact) mass is 337 g/mol. The van der Waals surface area contributed by atoms with Gasteiger partial charge in [0.25, 0.3) is 0 Å². The van der Waals surface area contributed by atoms with Gasteiger partial charge in [-0.2, -0.15) is 0 Å². The van der Waals surface area contributed by atoms with E-state index >= 15 is 0 Å². The van der Waals surface area contributed by atoms with Crippen molar-refractivity contribution < 1.29 is 9.53 Å². The molecule has 2 N–H and O–H groups in total. The molecule has 0 bridgehead atoms. The van der Waals surface area contributed by atoms with Crippen molar-refractivity contribution in [3.63, 3.8) is 0 Å². The molecule has 1 saturated heterocycles. The molecule has 0 saturated carbocycles. The summed E-state index contributed by atoms with van der Waals surface area (Å²) < 4.78 is 5.43. The number of hydrogen-bond donors (Lipinski definition) is 2. The van der Waals surface area contributed by atoms with Gasteiger partial charge in [-0.3, -0.25) is 0 Å². The molecule has 6 heteroatoms. The van der Waals surface area contributed by atoms with Crippen molar-refractivity contribution in [3.05, 3.63) is 23.3 Å². The van der Waals surface area contributed by atoms with Crippen LogP contribution in [0.5, 0.6) is 0 Å². The molecule has 0 aromatic heterocycles. The van der Waals surface area contributed by atoms with Crippen LogP contribution in [0, 0.1) is 6.92 Å². The largest absolute Gasteiger partial charge is 0.444 e. The molecule has 0 radical (unpaired) electrons. The van der Waals surface area contributed by atoms with Gasteiger partial charge in [0, 0.05) is 43.3 Å². The first-order valence-corrected chi connectivity index (χ1v) is 8.41. The van der Waals surface area contributed by atoms with Crippen LogP contribution in [0.25, 0.3) is 0 Å². The molecule has 1 fully saturated rings. The van der Waals surface area contributed by atoms with E-state index in [1.165, 1.54) is 0 Å². The van der Waals surface area contributed by atoms with Crippen LogP contribution in [0.1, 0.15) is 31.9 Å². The Labute approximate surface area is 144 Å². The standard InChI is InChI=1S/C17H27N3O2S/c1-12-13(11-18)9-14(10-15(12)23)19-5-7-20(8-6-19)16(21)22-17(2,3)4/h9-10,23H,5-8,11,18H2,1-4H3. The Kier molecular flexibility index (Phi) is 5.47. The highest BCUT2D eigenvalue weighted by atomic mass is 32.1. The number of piperazine rings is 1. The fourth-order valence-corrected chi connectivity index (χ4v) is 2.89. The van der Waals surface area contributed by atoms with E-state index in [0.717, 1.165) is 34.8 Å². The number of carbonyl (C=O) groups excluding carboxylic acids is 1. The van der Waals surface area contributed by atoms with Crippen LogP contribution in [0.3, 0.4) is 0 Å². The summed E-state index contributed by atoms with van der Waals surface area (Å²) in [5, 5.41) is 0. The summed E-state index contributed by atoms with van der Waals surface area (Å²) >= 11 is 4.54. The van der Waals surface area contributed by atoms with Crippen LogP contribution in [-0.2, 0) is 11.3 Å². The van der Waals surface area contributed by atoms with Crippen molar-refractivity contribution >= 4 is 24.4 Å². The maximum Gasteiger partial charge on any atom is 0.410 e. The number of rotatable bonds is 2. The van der Waals surface area contributed by atoms with Crippen LogP contribution < -0.4 is 10.6 Å². The summed E-state index contributed by atoms with van der Waals surface area (Å²) in [5.41, 5.74) is 8.72. The van der Waals surface area contributed by atoms with Crippen LogP contribution >= 0.6 is 12.6 Å². The summed E-state index contributed by atoms with van der Waals surface area (Å²) in [5.74, 6) is 0. The summed E-state index contributed by atoms with van der Waals surface area (Å²) in [6, 6.07) is 4.19. The van der Waals surface area contributed by atoms with Gasteiger partial charge in [-0.05, 0) is 51.0 Å². The second-order valence-corrected chi connectivity index (χ2v) is 7.39. The Balaban J connectivity index is 2.02. The van der Waals surface area contributed by atoms with Gasteiger partial charge in [-0.25, -0.2) is 4.79 Å². The van der Waals surface area contributed by atoms with E-state index in [-0.39, 0.29) is 6.09 Å². The smallest absolute Gasteiger partial charge is 0.410 e. The number of carbonyl (C=O) groups is 1. The Bertz CT molecular complexity index is 576. The zero-order valence-electron chi connectivity index (χ0n) is 14.4. The minimum Gasteiger partial charge on any atom is -0.444 e. The molecule has 5 nitrogen and oxygen atoms in total. The molecule has 1 aromatic rings. The first-order valence-electron chi connectivity index (χ1n) is 7.96. The van der Waals surface area contributed by atoms with Crippen LogP contribution in [0.15, 0.2) is 17.0 Å². The Hall–Kier alpha value is -1.40. The van der Waals surface area contributed by atoms with Gasteiger partial charge < -0.3 is 20.3 Å². The van der Waals surface area contributed by atoms with E-state index in [1.807, 2.05) is 27.7 Å². The number of anilines is 1. The Morgan fingerprint density at radius 3 is 2.39 bits per heavy atom. The van der Waals surface area contributed by atoms with Crippen molar-refractivity contribution in [3.8, 4) is 0 Å². The topological polar surface area (TPSA) is 58.8 Å². The number of ether oxygens (including phenoxy) is 1. The highest BCUT2D eigenvalue weighted by Gasteiger charge is 2.26. The molecular weight excluding hydrogens is 310 g/mol. The van der Waals surface area contributed by atoms with E-state index < -0.39 is 5.60 Å². The number of nitrogens with two attached hydrogens (primary N) is 1. The molecule has 0 atom stereocenters. The van der Waals surface area contributed by atoms with Gasteiger partial charge in [0.1, 0.15) is 5.60 Å². The van der Waals surface area contributed by atoms with Gasteiger partial charge in [0.05, 0.1) is 0 Å². The third-order valence-electron chi connectivity index (χ3n) is 3.99. The molecular formula is C17H27N3O2S. The third-order valence-corrected chi connectivity index (χ3v) is 4.45. The van der Waals surface area contributed by atoms with E-state index in [4.69, 9.17) is 10.5 Å². The maximum atomic E-state index is 12.1. The van der Waals surface area contributed by atoms with Crippen molar-refractivity contribution in [2.75, 3.05) is 31.1 Å². The zero-order chi connectivity index (χ0) is 17.2. The molecule has 0 aliphatic carbocycles. The SMILES string of the molecule is Cc1c(S)cc(N2CCN(C(=O)OC(C)(C)C)CC2)cc1CN.